The Bertz CT molecular complexity index is 1790. The van der Waals surface area contributed by atoms with Crippen molar-refractivity contribution in [2.45, 2.75) is 39.0 Å². The Morgan fingerprint density at radius 3 is 2.52 bits per heavy atom. The van der Waals surface area contributed by atoms with Crippen LogP contribution in [0.2, 0.25) is 0 Å². The van der Waals surface area contributed by atoms with Crippen LogP contribution in [-0.4, -0.2) is 87.6 Å². The molecule has 0 aliphatic carbocycles. The molecule has 2 fully saturated rings. The number of piperazine rings is 1. The van der Waals surface area contributed by atoms with Gasteiger partial charge in [-0.15, -0.1) is 0 Å². The number of allylic oxidation sites excluding steroid dienone is 1. The summed E-state index contributed by atoms with van der Waals surface area (Å²) in [5.41, 5.74) is 11.2. The van der Waals surface area contributed by atoms with Crippen molar-refractivity contribution < 1.29 is 9.53 Å². The van der Waals surface area contributed by atoms with E-state index >= 15 is 0 Å². The number of anilines is 1. The zero-order valence-electron chi connectivity index (χ0n) is 26.5. The lowest BCUT2D eigenvalue weighted by Gasteiger charge is -2.37. The Labute approximate surface area is 269 Å². The van der Waals surface area contributed by atoms with Crippen LogP contribution in [0.1, 0.15) is 37.5 Å². The third-order valence-corrected chi connectivity index (χ3v) is 8.19. The summed E-state index contributed by atoms with van der Waals surface area (Å²) in [6.07, 6.45) is 8.18. The van der Waals surface area contributed by atoms with Gasteiger partial charge < -0.3 is 20.3 Å². The second kappa shape index (κ2) is 13.0. The highest BCUT2D eigenvalue weighted by atomic mass is 16.6. The number of ether oxygens (including phenoxy) is 1. The predicted molar refractivity (Wildman–Crippen MR) is 179 cm³/mol. The smallest absolute Gasteiger partial charge is 0.410 e. The quantitative estimate of drug-likeness (QED) is 0.299. The van der Waals surface area contributed by atoms with Gasteiger partial charge in [0.15, 0.2) is 0 Å². The number of nitrogens with two attached hydrogens (primary N) is 1. The maximum Gasteiger partial charge on any atom is 0.410 e. The lowest BCUT2D eigenvalue weighted by Crippen LogP contribution is -2.54. The van der Waals surface area contributed by atoms with Crippen molar-refractivity contribution in [2.24, 2.45) is 10.7 Å². The number of carbonyl (C=O) groups excluding carboxylic acids is 1. The molecule has 46 heavy (non-hydrogen) atoms. The monoisotopic (exact) mass is 617 g/mol. The van der Waals surface area contributed by atoms with Crippen molar-refractivity contribution in [1.82, 2.24) is 24.4 Å². The van der Waals surface area contributed by atoms with Crippen LogP contribution in [-0.2, 0) is 11.3 Å². The summed E-state index contributed by atoms with van der Waals surface area (Å²) >= 11 is 0. The lowest BCUT2D eigenvalue weighted by molar-refractivity contribution is 0.00911. The molecule has 2 N–H and O–H groups in total. The number of carbonyl (C=O) groups is 1. The largest absolute Gasteiger partial charge is 0.444 e. The molecule has 0 bridgehead atoms. The van der Waals surface area contributed by atoms with Gasteiger partial charge in [0.05, 0.1) is 23.3 Å². The SMILES string of the molecule is CC(C)(C)OC(=O)N1CC(N=CC(=CN)c2cc(-c3ccc(N4CCN(Cc5ccccc5)CC4)nc3)c3c(C#N)cnn3c2)C1. The van der Waals surface area contributed by atoms with Gasteiger partial charge in [-0.3, -0.25) is 9.89 Å². The number of likely N-dealkylation sites (tertiary alicyclic amines) is 1. The molecule has 4 aromatic rings. The van der Waals surface area contributed by atoms with Gasteiger partial charge in [-0.1, -0.05) is 30.3 Å². The molecule has 1 aromatic carbocycles. The first-order valence-electron chi connectivity index (χ1n) is 15.5. The van der Waals surface area contributed by atoms with Crippen LogP contribution in [0, 0.1) is 11.3 Å². The Morgan fingerprint density at radius 1 is 1.11 bits per heavy atom. The molecule has 5 heterocycles. The van der Waals surface area contributed by atoms with Crippen molar-refractivity contribution in [3.05, 3.63) is 90.0 Å². The predicted octanol–water partition coefficient (Wildman–Crippen LogP) is 4.58. The van der Waals surface area contributed by atoms with E-state index in [9.17, 15) is 10.1 Å². The first-order chi connectivity index (χ1) is 22.2. The zero-order chi connectivity index (χ0) is 32.3. The fourth-order valence-corrected chi connectivity index (χ4v) is 5.72. The van der Waals surface area contributed by atoms with Crippen molar-refractivity contribution in [3.8, 4) is 17.2 Å². The van der Waals surface area contributed by atoms with E-state index in [0.717, 1.165) is 55.2 Å². The van der Waals surface area contributed by atoms with Crippen molar-refractivity contribution in [3.63, 3.8) is 0 Å². The number of aliphatic imine (C=N–C) groups is 1. The van der Waals surface area contributed by atoms with E-state index in [1.165, 1.54) is 11.8 Å². The summed E-state index contributed by atoms with van der Waals surface area (Å²) in [7, 11) is 0. The summed E-state index contributed by atoms with van der Waals surface area (Å²) in [5.74, 6) is 0.930. The highest BCUT2D eigenvalue weighted by Gasteiger charge is 2.33. The van der Waals surface area contributed by atoms with Crippen LogP contribution < -0.4 is 10.6 Å². The Hall–Kier alpha value is -5.21. The number of aromatic nitrogens is 3. The minimum Gasteiger partial charge on any atom is -0.444 e. The van der Waals surface area contributed by atoms with Crippen LogP contribution in [0.25, 0.3) is 22.2 Å². The fourth-order valence-electron chi connectivity index (χ4n) is 5.72. The van der Waals surface area contributed by atoms with E-state index in [-0.39, 0.29) is 12.1 Å². The average Bonchev–Trinajstić information content (AvgIpc) is 3.45. The molecule has 0 radical (unpaired) electrons. The maximum absolute atomic E-state index is 12.3. The van der Waals surface area contributed by atoms with Gasteiger partial charge >= 0.3 is 6.09 Å². The van der Waals surface area contributed by atoms with Crippen LogP contribution in [0.4, 0.5) is 10.6 Å². The molecule has 3 aromatic heterocycles. The molecule has 0 unspecified atom stereocenters. The van der Waals surface area contributed by atoms with E-state index in [1.54, 1.807) is 21.8 Å². The average molecular weight is 618 g/mol. The summed E-state index contributed by atoms with van der Waals surface area (Å²) in [6, 6.07) is 18.9. The molecule has 0 spiro atoms. The summed E-state index contributed by atoms with van der Waals surface area (Å²) in [4.78, 5) is 28.2. The van der Waals surface area contributed by atoms with Crippen LogP contribution in [0.5, 0.6) is 0 Å². The molecule has 2 aliphatic rings. The van der Waals surface area contributed by atoms with Crippen molar-refractivity contribution >= 4 is 29.2 Å². The van der Waals surface area contributed by atoms with E-state index < -0.39 is 5.60 Å². The maximum atomic E-state index is 12.3. The normalized spacial score (nSPS) is 16.5. The molecule has 2 aliphatic heterocycles. The van der Waals surface area contributed by atoms with Gasteiger partial charge in [0.2, 0.25) is 0 Å². The Kier molecular flexibility index (Phi) is 8.72. The summed E-state index contributed by atoms with van der Waals surface area (Å²) < 4.78 is 7.14. The van der Waals surface area contributed by atoms with Gasteiger partial charge in [0.1, 0.15) is 17.5 Å². The minimum absolute atomic E-state index is 0.0440. The fraction of sp³-hybridized carbons (Fsp3) is 0.343. The molecule has 0 saturated carbocycles. The third kappa shape index (κ3) is 6.87. The first-order valence-corrected chi connectivity index (χ1v) is 15.5. The van der Waals surface area contributed by atoms with Crippen LogP contribution in [0.3, 0.4) is 0 Å². The minimum atomic E-state index is -0.539. The molecule has 6 rings (SSSR count). The molecule has 1 amide bonds. The molecule has 11 heteroatoms. The van der Waals surface area contributed by atoms with E-state index in [4.69, 9.17) is 15.5 Å². The standard InChI is InChI=1S/C35H39N9O2/c1-35(2,3)46-34(45)43-23-30(24-43)38-19-28(16-36)27-15-31(33-29(17-37)20-40-44(33)22-27)26-9-10-32(39-18-26)42-13-11-41(12-14-42)21-25-7-5-4-6-8-25/h4-10,15-16,18-20,22,30H,11-14,21,23-24,36H2,1-3H3. The molecular formula is C35H39N9O2. The Balaban J connectivity index is 1.17. The highest BCUT2D eigenvalue weighted by molar-refractivity contribution is 6.10. The van der Waals surface area contributed by atoms with Crippen LogP contribution >= 0.6 is 0 Å². The zero-order valence-corrected chi connectivity index (χ0v) is 26.5. The molecule has 11 nitrogen and oxygen atoms in total. The first kappa shape index (κ1) is 30.8. The van der Waals surface area contributed by atoms with Gasteiger partial charge in [-0.2, -0.15) is 10.4 Å². The summed E-state index contributed by atoms with van der Waals surface area (Å²) in [6.45, 7) is 11.2. The number of nitrogens with zero attached hydrogens (tertiary/aromatic N) is 8. The number of hydrogen-bond donors (Lipinski definition) is 1. The van der Waals surface area contributed by atoms with Gasteiger partial charge in [-0.05, 0) is 44.5 Å². The number of benzene rings is 1. The molecular weight excluding hydrogens is 578 g/mol. The van der Waals surface area contributed by atoms with Gasteiger partial charge in [-0.25, -0.2) is 14.3 Å². The van der Waals surface area contributed by atoms with Gasteiger partial charge in [0.25, 0.3) is 0 Å². The van der Waals surface area contributed by atoms with Gasteiger partial charge in [0, 0.05) is 92.9 Å². The van der Waals surface area contributed by atoms with Crippen molar-refractivity contribution in [1.29, 1.82) is 5.26 Å². The van der Waals surface area contributed by atoms with E-state index in [0.29, 0.717) is 29.7 Å². The number of pyridine rings is 2. The molecule has 0 atom stereocenters. The van der Waals surface area contributed by atoms with E-state index in [2.05, 4.69) is 50.2 Å². The Morgan fingerprint density at radius 2 is 1.87 bits per heavy atom. The topological polar surface area (TPSA) is 128 Å². The number of amides is 1. The number of fused-ring (bicyclic) bond motifs is 1. The summed E-state index contributed by atoms with van der Waals surface area (Å²) in [5, 5.41) is 14.3. The van der Waals surface area contributed by atoms with Crippen molar-refractivity contribution in [2.75, 3.05) is 44.2 Å². The highest BCUT2D eigenvalue weighted by Crippen LogP contribution is 2.31. The number of hydrogen-bond acceptors (Lipinski definition) is 9. The van der Waals surface area contributed by atoms with E-state index in [1.807, 2.05) is 57.4 Å². The second-order valence-electron chi connectivity index (χ2n) is 12.7. The third-order valence-electron chi connectivity index (χ3n) is 8.19. The number of nitriles is 1. The molecule has 236 valence electrons. The number of rotatable bonds is 7. The second-order valence-corrected chi connectivity index (χ2v) is 12.7. The molecule has 2 saturated heterocycles. The van der Waals surface area contributed by atoms with Crippen LogP contribution in [0.15, 0.2) is 78.3 Å². The lowest BCUT2D eigenvalue weighted by atomic mass is 10.0.